The second kappa shape index (κ2) is 17.1. The van der Waals surface area contributed by atoms with Crippen molar-refractivity contribution < 1.29 is 131 Å². The van der Waals surface area contributed by atoms with Gasteiger partial charge in [0.1, 0.15) is 54.2 Å². The van der Waals surface area contributed by atoms with Crippen molar-refractivity contribution in [3.05, 3.63) is 53.0 Å². The molecule has 23 nitrogen and oxygen atoms in total. The van der Waals surface area contributed by atoms with Gasteiger partial charge in [-0.2, -0.15) is 4.98 Å². The number of benzene rings is 1. The van der Waals surface area contributed by atoms with Crippen molar-refractivity contribution in [1.29, 1.82) is 0 Å². The van der Waals surface area contributed by atoms with Crippen LogP contribution in [0.25, 0.3) is 22.4 Å². The molecule has 2 fully saturated rings. The summed E-state index contributed by atoms with van der Waals surface area (Å²) in [7, 11) is -11.9. The summed E-state index contributed by atoms with van der Waals surface area (Å²) in [6.07, 6.45) is -14.2. The number of ether oxygens (including phenoxy) is 2. The fourth-order valence-electron chi connectivity index (χ4n) is 5.16. The van der Waals surface area contributed by atoms with Gasteiger partial charge < -0.3 is 55.1 Å². The minimum atomic E-state index is -6.00. The number of aliphatic hydroxyl groups is 5. The van der Waals surface area contributed by atoms with Crippen LogP contribution in [0.15, 0.2) is 41.6 Å². The first kappa shape index (κ1) is 43.2. The van der Waals surface area contributed by atoms with E-state index in [0.717, 1.165) is 15.6 Å². The van der Waals surface area contributed by atoms with Gasteiger partial charge in [-0.05, 0) is 24.3 Å². The third kappa shape index (κ3) is 9.44. The van der Waals surface area contributed by atoms with Gasteiger partial charge in [-0.3, -0.25) is 28.0 Å². The van der Waals surface area contributed by atoms with Crippen molar-refractivity contribution in [2.45, 2.75) is 61.8 Å². The topological polar surface area (TPSA) is 348 Å². The number of rotatable bonds is 11. The normalized spacial score (nSPS) is 29.9. The van der Waals surface area contributed by atoms with Crippen molar-refractivity contribution >= 4 is 32.8 Å². The Bertz CT molecular complexity index is 2010. The molecule has 11 atom stereocenters. The molecule has 2 aliphatic heterocycles. The molecule has 0 saturated carbocycles. The van der Waals surface area contributed by atoms with Crippen LogP contribution in [0.2, 0.25) is 0 Å². The van der Waals surface area contributed by atoms with Gasteiger partial charge in [0.05, 0.1) is 25.7 Å². The van der Waals surface area contributed by atoms with Crippen molar-refractivity contribution in [2.75, 3.05) is 12.3 Å². The average Bonchev–Trinajstić information content (AvgIpc) is 3.75. The van der Waals surface area contributed by atoms with E-state index in [-0.39, 0.29) is 81.9 Å². The molecule has 28 heteroatoms. The SMILES string of the molecule is Nc1nc2c(ncn2[C@@H]2O[C@H](COP(=O)([O-])OP(=O)([O-])O[C@H]3O[C@@H](Cn4cc(-c5ccc(F)cc5)nn4)[C@@H](O)[C@@H](O)[C@@H]3O)[C@@H](O)[C@H]2O)c(=O)[nH]1.[Na+].[Na+]. The number of hydrogen-bond donors (Lipinski definition) is 7. The van der Waals surface area contributed by atoms with E-state index in [2.05, 4.69) is 38.6 Å². The number of halogens is 1. The molecule has 0 spiro atoms. The van der Waals surface area contributed by atoms with Gasteiger partial charge in [0.25, 0.3) is 21.2 Å². The second-order valence-electron chi connectivity index (χ2n) is 11.0. The van der Waals surface area contributed by atoms with Crippen LogP contribution in [0.1, 0.15) is 6.23 Å². The van der Waals surface area contributed by atoms with E-state index < -0.39 is 95.4 Å². The molecule has 4 aromatic rings. The number of hydrogen-bond acceptors (Lipinski definition) is 20. The number of phosphoric acid groups is 2. The molecule has 52 heavy (non-hydrogen) atoms. The molecule has 0 radical (unpaired) electrons. The fraction of sp³-hybridized carbons (Fsp3) is 0.458. The van der Waals surface area contributed by atoms with Crippen LogP contribution < -0.4 is 80.2 Å². The molecule has 0 aliphatic carbocycles. The number of nitrogen functional groups attached to an aromatic ring is 1. The Kier molecular flexibility index (Phi) is 14.2. The number of imidazole rings is 1. The number of phosphoric ester groups is 2. The van der Waals surface area contributed by atoms with Crippen molar-refractivity contribution in [2.24, 2.45) is 0 Å². The molecule has 2 saturated heterocycles. The number of fused-ring (bicyclic) bond motifs is 1. The monoisotopic (exact) mass is 794 g/mol. The van der Waals surface area contributed by atoms with Crippen LogP contribution in [0.3, 0.4) is 0 Å². The van der Waals surface area contributed by atoms with E-state index in [1.54, 1.807) is 0 Å². The molecule has 272 valence electrons. The Morgan fingerprint density at radius 3 is 2.33 bits per heavy atom. The summed E-state index contributed by atoms with van der Waals surface area (Å²) in [5.74, 6) is -0.788. The zero-order valence-electron chi connectivity index (χ0n) is 26.9. The van der Waals surface area contributed by atoms with Crippen molar-refractivity contribution in [3.63, 3.8) is 0 Å². The van der Waals surface area contributed by atoms with Gasteiger partial charge in [-0.1, -0.05) is 5.21 Å². The maximum Gasteiger partial charge on any atom is 1.00 e. The average molecular weight is 794 g/mol. The molecule has 0 bridgehead atoms. The quantitative estimate of drug-likeness (QED) is 0.0547. The Balaban J connectivity index is 0.00000302. The van der Waals surface area contributed by atoms with E-state index in [0.29, 0.717) is 5.56 Å². The van der Waals surface area contributed by atoms with Crippen LogP contribution in [0, 0.1) is 5.82 Å². The number of nitrogens with zero attached hydrogens (tertiary/aromatic N) is 6. The summed E-state index contributed by atoms with van der Waals surface area (Å²) < 4.78 is 64.4. The van der Waals surface area contributed by atoms with Gasteiger partial charge in [0.2, 0.25) is 5.95 Å². The summed E-state index contributed by atoms with van der Waals surface area (Å²) in [5.41, 5.74) is 5.25. The molecular formula is C24H27FN8Na2O15P2. The smallest absolute Gasteiger partial charge is 0.756 e. The Hall–Kier alpha value is -1.58. The van der Waals surface area contributed by atoms with Crippen LogP contribution in [0.4, 0.5) is 10.3 Å². The minimum Gasteiger partial charge on any atom is -0.756 e. The summed E-state index contributed by atoms with van der Waals surface area (Å²) in [4.78, 5) is 47.0. The Morgan fingerprint density at radius 2 is 1.63 bits per heavy atom. The standard InChI is InChI=1S/C24H29FN8O15P2.2Na/c25-10-3-1-9(2-4-10)11-5-32(31-30-11)6-12-15(34)17(36)19(38)23(46-12)47-50(42,43)48-49(40,41)44-7-13-16(35)18(37)22(45-13)33-8-27-14-20(33)28-24(26)29-21(14)39;;/h1-5,8,12-13,15-19,22-23,34-38H,6-7H2,(H,40,41)(H,42,43)(H3,26,28,29,39);;/q;2*+1/p-2/t12-,13+,15+,16+,17+,18+,19-,22+,23+;;/m0../s1. The molecule has 8 N–H and O–H groups in total. The summed E-state index contributed by atoms with van der Waals surface area (Å²) >= 11 is 0. The van der Waals surface area contributed by atoms with Gasteiger partial charge in [-0.15, -0.1) is 5.10 Å². The fourth-order valence-corrected chi connectivity index (χ4v) is 7.24. The van der Waals surface area contributed by atoms with E-state index >= 15 is 0 Å². The van der Waals surface area contributed by atoms with E-state index in [1.165, 1.54) is 30.5 Å². The van der Waals surface area contributed by atoms with Crippen LogP contribution in [-0.4, -0.2) is 116 Å². The maximum atomic E-state index is 13.2. The Labute approximate surface area is 334 Å². The first-order valence-electron chi connectivity index (χ1n) is 14.3. The number of aromatic amines is 1. The third-order valence-corrected chi connectivity index (χ3v) is 10.1. The number of nitrogens with one attached hydrogen (secondary N) is 1. The van der Waals surface area contributed by atoms with E-state index in [4.69, 9.17) is 15.2 Å². The van der Waals surface area contributed by atoms with Crippen LogP contribution in [0.5, 0.6) is 0 Å². The van der Waals surface area contributed by atoms with Crippen LogP contribution in [-0.2, 0) is 38.5 Å². The summed E-state index contributed by atoms with van der Waals surface area (Å²) in [6, 6.07) is 5.23. The first-order valence-corrected chi connectivity index (χ1v) is 17.2. The zero-order chi connectivity index (χ0) is 36.1. The number of H-pyrrole nitrogens is 1. The van der Waals surface area contributed by atoms with Crippen molar-refractivity contribution in [3.8, 4) is 11.3 Å². The number of aromatic nitrogens is 7. The maximum absolute atomic E-state index is 13.2. The first-order chi connectivity index (χ1) is 23.5. The largest absolute Gasteiger partial charge is 1.00 e. The number of aliphatic hydroxyl groups excluding tert-OH is 5. The molecule has 3 aromatic heterocycles. The molecule has 6 rings (SSSR count). The molecule has 0 amide bonds. The summed E-state index contributed by atoms with van der Waals surface area (Å²) in [5, 5.41) is 59.8. The van der Waals surface area contributed by atoms with Gasteiger partial charge in [0, 0.05) is 5.56 Å². The minimum absolute atomic E-state index is 0. The molecule has 2 unspecified atom stereocenters. The number of nitrogens with two attached hydrogens (primary N) is 1. The van der Waals surface area contributed by atoms with Gasteiger partial charge >= 0.3 is 59.1 Å². The predicted molar refractivity (Wildman–Crippen MR) is 154 cm³/mol. The Morgan fingerprint density at radius 1 is 0.962 bits per heavy atom. The van der Waals surface area contributed by atoms with Crippen LogP contribution >= 0.6 is 15.6 Å². The molecular weight excluding hydrogens is 767 g/mol. The summed E-state index contributed by atoms with van der Waals surface area (Å²) in [6.45, 7) is -1.50. The van der Waals surface area contributed by atoms with Crippen molar-refractivity contribution in [1.82, 2.24) is 34.5 Å². The van der Waals surface area contributed by atoms with E-state index in [1.807, 2.05) is 0 Å². The predicted octanol–water partition coefficient (Wildman–Crippen LogP) is -9.78. The molecule has 5 heterocycles. The van der Waals surface area contributed by atoms with Gasteiger partial charge in [0.15, 0.2) is 23.7 Å². The number of anilines is 1. The van der Waals surface area contributed by atoms with Gasteiger partial charge in [-0.25, -0.2) is 18.4 Å². The molecule has 2 aliphatic rings. The third-order valence-electron chi connectivity index (χ3n) is 7.61. The second-order valence-corrected chi connectivity index (χ2v) is 14.0. The zero-order valence-corrected chi connectivity index (χ0v) is 32.7. The molecule has 1 aromatic carbocycles. The van der Waals surface area contributed by atoms with E-state index in [9.17, 15) is 53.6 Å².